The van der Waals surface area contributed by atoms with E-state index in [1.807, 2.05) is 0 Å². The number of hydrogen-bond acceptors (Lipinski definition) is 6. The first-order valence-electron chi connectivity index (χ1n) is 9.14. The molecule has 2 aromatic heterocycles. The van der Waals surface area contributed by atoms with Gasteiger partial charge in [0.1, 0.15) is 23.0 Å². The second-order valence-electron chi connectivity index (χ2n) is 6.53. The van der Waals surface area contributed by atoms with Crippen LogP contribution in [0, 0.1) is 0 Å². The number of carbonyl (C=O) groups is 2. The van der Waals surface area contributed by atoms with Crippen LogP contribution in [-0.2, 0) is 11.3 Å². The number of halogens is 3. The monoisotopic (exact) mass is 509 g/mol. The molecule has 0 fully saturated rings. The Morgan fingerprint density at radius 2 is 1.88 bits per heavy atom. The topological polar surface area (TPSA) is 77.8 Å². The van der Waals surface area contributed by atoms with E-state index >= 15 is 0 Å². The van der Waals surface area contributed by atoms with Gasteiger partial charge in [-0.25, -0.2) is 4.79 Å². The van der Waals surface area contributed by atoms with Crippen LogP contribution in [0.25, 0.3) is 10.1 Å². The molecule has 0 aliphatic carbocycles. The second kappa shape index (κ2) is 9.42. The predicted molar refractivity (Wildman–Crippen MR) is 126 cm³/mol. The van der Waals surface area contributed by atoms with Crippen molar-refractivity contribution in [3.63, 3.8) is 0 Å². The van der Waals surface area contributed by atoms with E-state index in [1.54, 1.807) is 48.5 Å². The zero-order valence-corrected chi connectivity index (χ0v) is 19.5. The minimum atomic E-state index is -0.507. The number of ether oxygens (including phenoxy) is 2. The van der Waals surface area contributed by atoms with Gasteiger partial charge in [-0.05, 0) is 48.5 Å². The summed E-state index contributed by atoms with van der Waals surface area (Å²) in [6, 6.07) is 13.2. The molecule has 0 unspecified atom stereocenters. The highest BCUT2D eigenvalue weighted by molar-refractivity contribution is 7.21. The molecule has 0 spiro atoms. The highest BCUT2D eigenvalue weighted by Crippen LogP contribution is 2.37. The zero-order chi connectivity index (χ0) is 22.8. The van der Waals surface area contributed by atoms with E-state index in [9.17, 15) is 9.59 Å². The molecule has 1 amide bonds. The number of nitrogens with one attached hydrogen (secondary N) is 1. The van der Waals surface area contributed by atoms with Gasteiger partial charge >= 0.3 is 5.97 Å². The van der Waals surface area contributed by atoms with Crippen molar-refractivity contribution in [3.8, 4) is 5.75 Å². The summed E-state index contributed by atoms with van der Waals surface area (Å²) in [4.78, 5) is 24.7. The van der Waals surface area contributed by atoms with Crippen molar-refractivity contribution in [1.82, 2.24) is 0 Å². The third-order valence-electron chi connectivity index (χ3n) is 4.41. The first-order valence-corrected chi connectivity index (χ1v) is 11.1. The summed E-state index contributed by atoms with van der Waals surface area (Å²) in [5.74, 6) is 0.0745. The number of carbonyl (C=O) groups excluding carboxylic acids is 2. The molecule has 0 atom stereocenters. The van der Waals surface area contributed by atoms with Gasteiger partial charge in [0.15, 0.2) is 5.76 Å². The molecular formula is C22H14Cl3NO5S. The van der Waals surface area contributed by atoms with E-state index in [0.717, 1.165) is 4.70 Å². The van der Waals surface area contributed by atoms with Crippen molar-refractivity contribution >= 4 is 73.8 Å². The first kappa shape index (κ1) is 22.5. The Kier molecular flexibility index (Phi) is 6.62. The summed E-state index contributed by atoms with van der Waals surface area (Å²) in [5, 5.41) is 4.67. The van der Waals surface area contributed by atoms with Gasteiger partial charge in [0, 0.05) is 20.8 Å². The lowest BCUT2D eigenvalue weighted by Gasteiger charge is -2.06. The number of thiophene rings is 1. The fraction of sp³-hybridized carbons (Fsp3) is 0.0909. The summed E-state index contributed by atoms with van der Waals surface area (Å²) >= 11 is 19.4. The molecule has 4 rings (SSSR count). The fourth-order valence-electron chi connectivity index (χ4n) is 2.88. The Hall–Kier alpha value is -2.71. The number of hydrogen-bond donors (Lipinski definition) is 1. The van der Waals surface area contributed by atoms with Crippen LogP contribution >= 0.6 is 46.1 Å². The number of esters is 1. The zero-order valence-electron chi connectivity index (χ0n) is 16.4. The minimum Gasteiger partial charge on any atom is -0.484 e. The van der Waals surface area contributed by atoms with Gasteiger partial charge in [-0.2, -0.15) is 0 Å². The first-order chi connectivity index (χ1) is 15.4. The molecule has 0 aliphatic heterocycles. The number of anilines is 1. The maximum absolute atomic E-state index is 12.6. The Morgan fingerprint density at radius 3 is 2.62 bits per heavy atom. The van der Waals surface area contributed by atoms with Gasteiger partial charge in [-0.15, -0.1) is 11.3 Å². The van der Waals surface area contributed by atoms with Gasteiger partial charge < -0.3 is 19.2 Å². The molecule has 1 N–H and O–H groups in total. The number of furan rings is 1. The van der Waals surface area contributed by atoms with E-state index in [2.05, 4.69) is 5.32 Å². The Morgan fingerprint density at radius 1 is 1.06 bits per heavy atom. The van der Waals surface area contributed by atoms with Crippen LogP contribution in [0.5, 0.6) is 5.75 Å². The molecule has 164 valence electrons. The Labute approximate surface area is 201 Å². The van der Waals surface area contributed by atoms with Crippen molar-refractivity contribution in [3.05, 3.63) is 80.0 Å². The van der Waals surface area contributed by atoms with Gasteiger partial charge in [0.05, 0.1) is 17.2 Å². The molecule has 0 radical (unpaired) electrons. The lowest BCUT2D eigenvalue weighted by Crippen LogP contribution is -2.10. The standard InChI is InChI=1S/C22H14Cl3NO5S/c1-29-22(28)20-19(25)14-5-3-12(9-18(14)32-20)26-21(27)17-7-4-13(31-17)10-30-16-6-2-11(23)8-15(16)24/h2-9H,10H2,1H3,(H,26,27). The van der Waals surface area contributed by atoms with Crippen molar-refractivity contribution in [2.75, 3.05) is 12.4 Å². The van der Waals surface area contributed by atoms with Crippen LogP contribution in [0.1, 0.15) is 26.0 Å². The maximum Gasteiger partial charge on any atom is 0.349 e. The van der Waals surface area contributed by atoms with E-state index in [4.69, 9.17) is 48.7 Å². The van der Waals surface area contributed by atoms with Gasteiger partial charge in [-0.1, -0.05) is 34.8 Å². The molecule has 0 aliphatic rings. The summed E-state index contributed by atoms with van der Waals surface area (Å²) in [7, 11) is 1.29. The minimum absolute atomic E-state index is 0.0879. The van der Waals surface area contributed by atoms with Crippen LogP contribution in [0.15, 0.2) is 52.9 Å². The average Bonchev–Trinajstić information content (AvgIpc) is 3.37. The quantitative estimate of drug-likeness (QED) is 0.281. The van der Waals surface area contributed by atoms with Gasteiger partial charge in [0.2, 0.25) is 0 Å². The van der Waals surface area contributed by atoms with Crippen LogP contribution in [-0.4, -0.2) is 19.0 Å². The molecular weight excluding hydrogens is 497 g/mol. The number of amides is 1. The molecule has 2 heterocycles. The van der Waals surface area contributed by atoms with Crippen molar-refractivity contribution in [1.29, 1.82) is 0 Å². The summed E-state index contributed by atoms with van der Waals surface area (Å²) in [6.07, 6.45) is 0. The molecule has 6 nitrogen and oxygen atoms in total. The second-order valence-corrected chi connectivity index (χ2v) is 8.80. The lowest BCUT2D eigenvalue weighted by atomic mass is 10.2. The van der Waals surface area contributed by atoms with E-state index < -0.39 is 11.9 Å². The fourth-order valence-corrected chi connectivity index (χ4v) is 4.81. The molecule has 0 saturated carbocycles. The number of benzene rings is 2. The summed E-state index contributed by atoms with van der Waals surface area (Å²) < 4.78 is 16.7. The van der Waals surface area contributed by atoms with E-state index in [1.165, 1.54) is 18.4 Å². The van der Waals surface area contributed by atoms with Crippen molar-refractivity contribution < 1.29 is 23.5 Å². The normalized spacial score (nSPS) is 10.9. The molecule has 4 aromatic rings. The maximum atomic E-state index is 12.6. The van der Waals surface area contributed by atoms with Crippen molar-refractivity contribution in [2.24, 2.45) is 0 Å². The number of rotatable bonds is 6. The average molecular weight is 511 g/mol. The molecule has 32 heavy (non-hydrogen) atoms. The highest BCUT2D eigenvalue weighted by atomic mass is 35.5. The van der Waals surface area contributed by atoms with Gasteiger partial charge in [-0.3, -0.25) is 4.79 Å². The molecule has 0 bridgehead atoms. The van der Waals surface area contributed by atoms with E-state index in [0.29, 0.717) is 42.5 Å². The van der Waals surface area contributed by atoms with Crippen LogP contribution in [0.4, 0.5) is 5.69 Å². The van der Waals surface area contributed by atoms with Gasteiger partial charge in [0.25, 0.3) is 5.91 Å². The third kappa shape index (κ3) is 4.71. The van der Waals surface area contributed by atoms with Crippen LogP contribution in [0.2, 0.25) is 15.1 Å². The third-order valence-corrected chi connectivity index (χ3v) is 6.58. The van der Waals surface area contributed by atoms with Crippen LogP contribution < -0.4 is 10.1 Å². The Bertz CT molecular complexity index is 1330. The molecule has 10 heteroatoms. The molecule has 0 saturated heterocycles. The van der Waals surface area contributed by atoms with Crippen LogP contribution in [0.3, 0.4) is 0 Å². The highest BCUT2D eigenvalue weighted by Gasteiger charge is 2.19. The van der Waals surface area contributed by atoms with E-state index in [-0.39, 0.29) is 12.4 Å². The Balaban J connectivity index is 1.44. The number of methoxy groups -OCH3 is 1. The largest absolute Gasteiger partial charge is 0.484 e. The number of fused-ring (bicyclic) bond motifs is 1. The predicted octanol–water partition coefficient (Wildman–Crippen LogP) is 7.07. The SMILES string of the molecule is COC(=O)c1sc2cc(NC(=O)c3ccc(COc4ccc(Cl)cc4Cl)o3)ccc2c1Cl. The smallest absolute Gasteiger partial charge is 0.349 e. The summed E-state index contributed by atoms with van der Waals surface area (Å²) in [5.41, 5.74) is 0.527. The molecule has 2 aromatic carbocycles. The lowest BCUT2D eigenvalue weighted by molar-refractivity contribution is 0.0606. The van der Waals surface area contributed by atoms with Crippen molar-refractivity contribution in [2.45, 2.75) is 6.61 Å². The summed E-state index contributed by atoms with van der Waals surface area (Å²) in [6.45, 7) is 0.0879.